The Labute approximate surface area is 110 Å². The average molecular weight is 262 g/mol. The molecular weight excluding hydrogens is 238 g/mol. The van der Waals surface area contributed by atoms with E-state index in [1.54, 1.807) is 0 Å². The van der Waals surface area contributed by atoms with E-state index in [1.165, 1.54) is 19.3 Å². The minimum absolute atomic E-state index is 0. The highest BCUT2D eigenvalue weighted by molar-refractivity contribution is 5.85. The third kappa shape index (κ3) is 4.12. The summed E-state index contributed by atoms with van der Waals surface area (Å²) < 4.78 is 0. The molecule has 0 aromatic rings. The quantitative estimate of drug-likeness (QED) is 0.796. The number of piperidine rings is 1. The Kier molecular flexibility index (Phi) is 6.23. The topological polar surface area (TPSA) is 35.6 Å². The first-order valence-corrected chi connectivity index (χ1v) is 6.50. The normalized spacial score (nSPS) is 26.4. The molecule has 0 radical (unpaired) electrons. The van der Waals surface area contributed by atoms with Gasteiger partial charge in [-0.15, -0.1) is 12.4 Å². The van der Waals surface area contributed by atoms with Crippen molar-refractivity contribution in [2.75, 3.05) is 39.3 Å². The van der Waals surface area contributed by atoms with Crippen LogP contribution in [0.15, 0.2) is 0 Å². The van der Waals surface area contributed by atoms with Gasteiger partial charge in [0.25, 0.3) is 0 Å². The van der Waals surface area contributed by atoms with Crippen molar-refractivity contribution in [1.29, 1.82) is 0 Å². The van der Waals surface area contributed by atoms with Gasteiger partial charge in [0.05, 0.1) is 6.54 Å². The zero-order valence-corrected chi connectivity index (χ0v) is 11.5. The van der Waals surface area contributed by atoms with E-state index in [0.29, 0.717) is 18.5 Å². The van der Waals surface area contributed by atoms with Gasteiger partial charge < -0.3 is 10.2 Å². The molecule has 2 rings (SSSR count). The number of likely N-dealkylation sites (tertiary alicyclic amines) is 1. The number of nitrogens with one attached hydrogen (secondary N) is 1. The second-order valence-corrected chi connectivity index (χ2v) is 4.97. The lowest BCUT2D eigenvalue weighted by Crippen LogP contribution is -2.53. The van der Waals surface area contributed by atoms with Gasteiger partial charge in [-0.25, -0.2) is 0 Å². The van der Waals surface area contributed by atoms with Gasteiger partial charge in [0.1, 0.15) is 0 Å². The molecule has 5 heteroatoms. The van der Waals surface area contributed by atoms with Crippen LogP contribution in [0.4, 0.5) is 0 Å². The summed E-state index contributed by atoms with van der Waals surface area (Å²) in [5.41, 5.74) is 0. The molecule has 2 aliphatic rings. The highest BCUT2D eigenvalue weighted by atomic mass is 35.5. The highest BCUT2D eigenvalue weighted by Crippen LogP contribution is 2.10. The number of carbonyl (C=O) groups excluding carboxylic acids is 1. The molecule has 0 unspecified atom stereocenters. The summed E-state index contributed by atoms with van der Waals surface area (Å²) in [6.45, 7) is 7.77. The average Bonchev–Trinajstić information content (AvgIpc) is 2.33. The third-order valence-corrected chi connectivity index (χ3v) is 3.69. The molecule has 0 aliphatic carbocycles. The van der Waals surface area contributed by atoms with Crippen LogP contribution in [-0.2, 0) is 4.79 Å². The van der Waals surface area contributed by atoms with E-state index in [1.807, 2.05) is 4.90 Å². The van der Waals surface area contributed by atoms with Crippen LogP contribution >= 0.6 is 12.4 Å². The zero-order chi connectivity index (χ0) is 11.4. The molecule has 2 aliphatic heterocycles. The first-order chi connectivity index (χ1) is 7.77. The lowest BCUT2D eigenvalue weighted by atomic mass is 10.1. The molecule has 0 saturated carbocycles. The van der Waals surface area contributed by atoms with E-state index in [0.717, 1.165) is 32.7 Å². The summed E-state index contributed by atoms with van der Waals surface area (Å²) in [4.78, 5) is 16.4. The van der Waals surface area contributed by atoms with Crippen molar-refractivity contribution in [2.24, 2.45) is 0 Å². The Hall–Kier alpha value is -0.320. The van der Waals surface area contributed by atoms with E-state index < -0.39 is 0 Å². The number of piperazine rings is 1. The van der Waals surface area contributed by atoms with Crippen LogP contribution in [-0.4, -0.2) is 61.0 Å². The van der Waals surface area contributed by atoms with Crippen LogP contribution in [0.5, 0.6) is 0 Å². The first kappa shape index (κ1) is 14.7. The second-order valence-electron chi connectivity index (χ2n) is 4.97. The Bertz CT molecular complexity index is 244. The number of rotatable bonds is 2. The van der Waals surface area contributed by atoms with Crippen molar-refractivity contribution >= 4 is 18.3 Å². The predicted octanol–water partition coefficient (Wildman–Crippen LogP) is 0.714. The summed E-state index contributed by atoms with van der Waals surface area (Å²) in [5, 5.41) is 3.35. The predicted molar refractivity (Wildman–Crippen MR) is 71.6 cm³/mol. The van der Waals surface area contributed by atoms with Gasteiger partial charge in [0, 0.05) is 38.8 Å². The fourth-order valence-electron chi connectivity index (χ4n) is 2.54. The Balaban J connectivity index is 0.00000144. The van der Waals surface area contributed by atoms with E-state index in [4.69, 9.17) is 0 Å². The number of amides is 1. The van der Waals surface area contributed by atoms with Gasteiger partial charge in [-0.05, 0) is 26.2 Å². The van der Waals surface area contributed by atoms with Crippen LogP contribution in [0.1, 0.15) is 26.2 Å². The van der Waals surface area contributed by atoms with Crippen molar-refractivity contribution in [3.63, 3.8) is 0 Å². The van der Waals surface area contributed by atoms with Crippen molar-refractivity contribution < 1.29 is 4.79 Å². The Morgan fingerprint density at radius 2 is 1.94 bits per heavy atom. The number of nitrogens with zero attached hydrogens (tertiary/aromatic N) is 2. The maximum absolute atomic E-state index is 12.1. The van der Waals surface area contributed by atoms with Gasteiger partial charge in [-0.3, -0.25) is 9.69 Å². The van der Waals surface area contributed by atoms with Gasteiger partial charge in [0.15, 0.2) is 0 Å². The van der Waals surface area contributed by atoms with Crippen LogP contribution < -0.4 is 5.32 Å². The molecule has 17 heavy (non-hydrogen) atoms. The first-order valence-electron chi connectivity index (χ1n) is 6.50. The monoisotopic (exact) mass is 261 g/mol. The number of halogens is 1. The maximum Gasteiger partial charge on any atom is 0.236 e. The molecule has 4 nitrogen and oxygen atoms in total. The number of hydrogen-bond donors (Lipinski definition) is 1. The zero-order valence-electron chi connectivity index (χ0n) is 10.7. The Morgan fingerprint density at radius 3 is 2.59 bits per heavy atom. The van der Waals surface area contributed by atoms with Crippen molar-refractivity contribution in [1.82, 2.24) is 15.1 Å². The fraction of sp³-hybridized carbons (Fsp3) is 0.917. The van der Waals surface area contributed by atoms with E-state index in [-0.39, 0.29) is 12.4 Å². The molecule has 0 aromatic heterocycles. The van der Waals surface area contributed by atoms with Crippen LogP contribution in [0.2, 0.25) is 0 Å². The van der Waals surface area contributed by atoms with Crippen LogP contribution in [0.25, 0.3) is 0 Å². The molecular formula is C12H24ClN3O. The lowest BCUT2D eigenvalue weighted by Gasteiger charge is -2.35. The molecule has 1 N–H and O–H groups in total. The molecule has 1 amide bonds. The van der Waals surface area contributed by atoms with Gasteiger partial charge in [-0.2, -0.15) is 0 Å². The largest absolute Gasteiger partial charge is 0.342 e. The molecule has 2 fully saturated rings. The highest BCUT2D eigenvalue weighted by Gasteiger charge is 2.23. The summed E-state index contributed by atoms with van der Waals surface area (Å²) in [6, 6.07) is 0.488. The molecule has 2 heterocycles. The van der Waals surface area contributed by atoms with Gasteiger partial charge in [0.2, 0.25) is 5.91 Å². The smallest absolute Gasteiger partial charge is 0.236 e. The van der Waals surface area contributed by atoms with Gasteiger partial charge in [-0.1, -0.05) is 0 Å². The molecule has 1 atom stereocenters. The minimum atomic E-state index is 0. The standard InChI is InChI=1S/C12H23N3O.ClH/c1-11-9-13-5-8-15(11)10-12(16)14-6-3-2-4-7-14;/h11,13H,2-10H2,1H3;1H/t11-;/m0./s1. The third-order valence-electron chi connectivity index (χ3n) is 3.69. The molecule has 2 saturated heterocycles. The fourth-order valence-corrected chi connectivity index (χ4v) is 2.54. The summed E-state index contributed by atoms with van der Waals surface area (Å²) >= 11 is 0. The number of hydrogen-bond acceptors (Lipinski definition) is 3. The minimum Gasteiger partial charge on any atom is -0.342 e. The molecule has 0 bridgehead atoms. The SMILES string of the molecule is C[C@H]1CNCCN1CC(=O)N1CCCCC1.Cl. The second kappa shape index (κ2) is 7.19. The van der Waals surface area contributed by atoms with Crippen molar-refractivity contribution in [3.8, 4) is 0 Å². The molecule has 0 spiro atoms. The maximum atomic E-state index is 12.1. The molecule has 0 aromatic carbocycles. The summed E-state index contributed by atoms with van der Waals surface area (Å²) in [6.07, 6.45) is 3.65. The van der Waals surface area contributed by atoms with E-state index in [9.17, 15) is 4.79 Å². The number of carbonyl (C=O) groups is 1. The molecule has 100 valence electrons. The lowest BCUT2D eigenvalue weighted by molar-refractivity contribution is -0.134. The summed E-state index contributed by atoms with van der Waals surface area (Å²) in [5.74, 6) is 0.327. The van der Waals surface area contributed by atoms with Gasteiger partial charge >= 0.3 is 0 Å². The Morgan fingerprint density at radius 1 is 1.24 bits per heavy atom. The van der Waals surface area contributed by atoms with Crippen LogP contribution in [0.3, 0.4) is 0 Å². The summed E-state index contributed by atoms with van der Waals surface area (Å²) in [7, 11) is 0. The van der Waals surface area contributed by atoms with E-state index >= 15 is 0 Å². The van der Waals surface area contributed by atoms with Crippen molar-refractivity contribution in [2.45, 2.75) is 32.2 Å². The van der Waals surface area contributed by atoms with Crippen LogP contribution in [0, 0.1) is 0 Å². The van der Waals surface area contributed by atoms with Crippen molar-refractivity contribution in [3.05, 3.63) is 0 Å². The van der Waals surface area contributed by atoms with E-state index in [2.05, 4.69) is 17.1 Å².